The van der Waals surface area contributed by atoms with Crippen molar-refractivity contribution in [2.75, 3.05) is 38.3 Å². The number of unbranched alkanes of at least 4 members (excludes halogenated alkanes) is 1. The van der Waals surface area contributed by atoms with Crippen molar-refractivity contribution in [1.29, 1.82) is 0 Å². The van der Waals surface area contributed by atoms with E-state index in [4.69, 9.17) is 9.47 Å². The van der Waals surface area contributed by atoms with Gasteiger partial charge in [-0.05, 0) is 37.1 Å². The van der Waals surface area contributed by atoms with E-state index in [9.17, 15) is 5.11 Å². The maximum atomic E-state index is 9.84. The van der Waals surface area contributed by atoms with Crippen LogP contribution in [0.5, 0.6) is 0 Å². The molecule has 0 fully saturated rings. The number of hydrogen-bond donors (Lipinski definition) is 2. The molecule has 2 N–H and O–H groups in total. The first kappa shape index (κ1) is 18.4. The highest BCUT2D eigenvalue weighted by Crippen LogP contribution is 2.19. The molecular formula is C16H26BrNO3. The van der Waals surface area contributed by atoms with Crippen LogP contribution in [0.3, 0.4) is 0 Å². The highest BCUT2D eigenvalue weighted by Gasteiger charge is 2.05. The Hall–Kier alpha value is -0.620. The van der Waals surface area contributed by atoms with Crippen LogP contribution in [0.15, 0.2) is 22.7 Å². The molecule has 1 aromatic carbocycles. The summed E-state index contributed by atoms with van der Waals surface area (Å²) >= 11 is 3.46. The minimum atomic E-state index is -0.524. The average Bonchev–Trinajstić information content (AvgIpc) is 2.47. The molecule has 1 aromatic rings. The lowest BCUT2D eigenvalue weighted by atomic mass is 10.2. The van der Waals surface area contributed by atoms with Gasteiger partial charge in [-0.1, -0.05) is 29.3 Å². The lowest BCUT2D eigenvalue weighted by Crippen LogP contribution is -2.25. The molecule has 0 aliphatic rings. The molecule has 5 heteroatoms. The first-order valence-corrected chi connectivity index (χ1v) is 8.26. The highest BCUT2D eigenvalue weighted by atomic mass is 79.9. The fourth-order valence-corrected chi connectivity index (χ4v) is 1.98. The van der Waals surface area contributed by atoms with E-state index >= 15 is 0 Å². The van der Waals surface area contributed by atoms with Crippen LogP contribution in [0.2, 0.25) is 0 Å². The van der Waals surface area contributed by atoms with E-state index in [-0.39, 0.29) is 0 Å². The van der Waals surface area contributed by atoms with Crippen LogP contribution < -0.4 is 5.32 Å². The summed E-state index contributed by atoms with van der Waals surface area (Å²) in [7, 11) is 0. The standard InChI is InChI=1S/C16H26BrNO3/c1-3-4-7-20-8-9-21-12-15(19)11-18-14-5-6-16(17)13(2)10-14/h5-6,10,15,18-19H,3-4,7-9,11-12H2,1-2H3. The number of aliphatic hydroxyl groups is 1. The quantitative estimate of drug-likeness (QED) is 0.594. The largest absolute Gasteiger partial charge is 0.389 e. The van der Waals surface area contributed by atoms with E-state index < -0.39 is 6.10 Å². The average molecular weight is 360 g/mol. The van der Waals surface area contributed by atoms with Gasteiger partial charge in [0.15, 0.2) is 0 Å². The second kappa shape index (κ2) is 11.0. The third-order valence-electron chi connectivity index (χ3n) is 3.02. The molecule has 1 atom stereocenters. The van der Waals surface area contributed by atoms with E-state index in [0.29, 0.717) is 26.4 Å². The minimum Gasteiger partial charge on any atom is -0.389 e. The Labute approximate surface area is 136 Å². The fraction of sp³-hybridized carbons (Fsp3) is 0.625. The molecule has 4 nitrogen and oxygen atoms in total. The third kappa shape index (κ3) is 8.41. The van der Waals surface area contributed by atoms with E-state index in [1.165, 1.54) is 0 Å². The topological polar surface area (TPSA) is 50.7 Å². The van der Waals surface area contributed by atoms with Gasteiger partial charge in [-0.25, -0.2) is 0 Å². The Morgan fingerprint density at radius 3 is 2.71 bits per heavy atom. The number of aryl methyl sites for hydroxylation is 1. The fourth-order valence-electron chi connectivity index (χ4n) is 1.73. The first-order valence-electron chi connectivity index (χ1n) is 7.47. The van der Waals surface area contributed by atoms with Crippen LogP contribution in [0.1, 0.15) is 25.3 Å². The summed E-state index contributed by atoms with van der Waals surface area (Å²) in [5.41, 5.74) is 2.16. The Bertz CT molecular complexity index is 401. The van der Waals surface area contributed by atoms with Crippen molar-refractivity contribution in [3.8, 4) is 0 Å². The maximum Gasteiger partial charge on any atom is 0.0945 e. The molecule has 120 valence electrons. The summed E-state index contributed by atoms with van der Waals surface area (Å²) in [4.78, 5) is 0. The Balaban J connectivity index is 2.08. The molecule has 0 heterocycles. The highest BCUT2D eigenvalue weighted by molar-refractivity contribution is 9.10. The lowest BCUT2D eigenvalue weighted by molar-refractivity contribution is 0.00749. The van der Waals surface area contributed by atoms with E-state index in [0.717, 1.165) is 35.2 Å². The predicted molar refractivity (Wildman–Crippen MR) is 89.9 cm³/mol. The van der Waals surface area contributed by atoms with E-state index in [2.05, 4.69) is 28.2 Å². The van der Waals surface area contributed by atoms with Crippen LogP contribution in [-0.4, -0.2) is 44.2 Å². The predicted octanol–water partition coefficient (Wildman–Crippen LogP) is 3.36. The van der Waals surface area contributed by atoms with Crippen LogP contribution in [0, 0.1) is 6.92 Å². The lowest BCUT2D eigenvalue weighted by Gasteiger charge is -2.14. The summed E-state index contributed by atoms with van der Waals surface area (Å²) in [6.45, 7) is 6.86. The van der Waals surface area contributed by atoms with Gasteiger partial charge in [0.05, 0.1) is 25.9 Å². The number of nitrogens with one attached hydrogen (secondary N) is 1. The van der Waals surface area contributed by atoms with E-state index in [1.54, 1.807) is 0 Å². The number of halogens is 1. The maximum absolute atomic E-state index is 9.84. The summed E-state index contributed by atoms with van der Waals surface area (Å²) in [5, 5.41) is 13.0. The molecule has 0 bridgehead atoms. The van der Waals surface area contributed by atoms with Crippen LogP contribution in [0.25, 0.3) is 0 Å². The second-order valence-electron chi connectivity index (χ2n) is 5.04. The van der Waals surface area contributed by atoms with Gasteiger partial charge < -0.3 is 19.9 Å². The smallest absolute Gasteiger partial charge is 0.0945 e. The number of aliphatic hydroxyl groups excluding tert-OH is 1. The molecule has 0 aliphatic carbocycles. The first-order chi connectivity index (χ1) is 10.1. The van der Waals surface area contributed by atoms with Gasteiger partial charge in [0, 0.05) is 23.3 Å². The van der Waals surface area contributed by atoms with Gasteiger partial charge in [-0.2, -0.15) is 0 Å². The Morgan fingerprint density at radius 2 is 2.00 bits per heavy atom. The third-order valence-corrected chi connectivity index (χ3v) is 3.91. The van der Waals surface area contributed by atoms with Gasteiger partial charge in [-0.15, -0.1) is 0 Å². The zero-order valence-electron chi connectivity index (χ0n) is 12.9. The summed E-state index contributed by atoms with van der Waals surface area (Å²) in [5.74, 6) is 0. The van der Waals surface area contributed by atoms with Gasteiger partial charge >= 0.3 is 0 Å². The number of hydrogen-bond acceptors (Lipinski definition) is 4. The van der Waals surface area contributed by atoms with Gasteiger partial charge in [0.1, 0.15) is 0 Å². The molecule has 1 unspecified atom stereocenters. The molecule has 1 rings (SSSR count). The summed E-state index contributed by atoms with van der Waals surface area (Å²) in [6, 6.07) is 6.01. The number of anilines is 1. The molecule has 0 aliphatic heterocycles. The van der Waals surface area contributed by atoms with Crippen LogP contribution >= 0.6 is 15.9 Å². The Morgan fingerprint density at radius 1 is 1.24 bits per heavy atom. The summed E-state index contributed by atoms with van der Waals surface area (Å²) in [6.07, 6.45) is 1.70. The SMILES string of the molecule is CCCCOCCOCC(O)CNc1ccc(Br)c(C)c1. The van der Waals surface area contributed by atoms with E-state index in [1.807, 2.05) is 25.1 Å². The monoisotopic (exact) mass is 359 g/mol. The van der Waals surface area contributed by atoms with Crippen molar-refractivity contribution in [3.05, 3.63) is 28.2 Å². The van der Waals surface area contributed by atoms with Crippen molar-refractivity contribution in [1.82, 2.24) is 0 Å². The molecule has 0 saturated carbocycles. The zero-order valence-corrected chi connectivity index (χ0v) is 14.5. The van der Waals surface area contributed by atoms with Crippen LogP contribution in [-0.2, 0) is 9.47 Å². The minimum absolute atomic E-state index is 0.319. The van der Waals surface area contributed by atoms with Crippen LogP contribution in [0.4, 0.5) is 5.69 Å². The van der Waals surface area contributed by atoms with Gasteiger partial charge in [0.2, 0.25) is 0 Å². The molecule has 21 heavy (non-hydrogen) atoms. The number of ether oxygens (including phenoxy) is 2. The van der Waals surface area contributed by atoms with Crippen molar-refractivity contribution >= 4 is 21.6 Å². The van der Waals surface area contributed by atoms with Crippen molar-refractivity contribution in [2.24, 2.45) is 0 Å². The normalized spacial score (nSPS) is 12.4. The zero-order chi connectivity index (χ0) is 15.5. The molecule has 0 amide bonds. The van der Waals surface area contributed by atoms with Crippen molar-refractivity contribution in [2.45, 2.75) is 32.8 Å². The number of benzene rings is 1. The van der Waals surface area contributed by atoms with Crippen molar-refractivity contribution in [3.63, 3.8) is 0 Å². The second-order valence-corrected chi connectivity index (χ2v) is 5.89. The molecule has 0 saturated heterocycles. The molecule has 0 radical (unpaired) electrons. The van der Waals surface area contributed by atoms with Gasteiger partial charge in [0.25, 0.3) is 0 Å². The molecule has 0 aromatic heterocycles. The van der Waals surface area contributed by atoms with Crippen molar-refractivity contribution < 1.29 is 14.6 Å². The molecule has 0 spiro atoms. The van der Waals surface area contributed by atoms with Gasteiger partial charge in [-0.3, -0.25) is 0 Å². The Kier molecular flexibility index (Phi) is 9.67. The molecular weight excluding hydrogens is 334 g/mol. The summed E-state index contributed by atoms with van der Waals surface area (Å²) < 4.78 is 11.9. The number of rotatable bonds is 11.